The SMILES string of the molecule is NCCCC(N)C(=O)n1c(O)csc1=S. The van der Waals surface area contributed by atoms with E-state index in [9.17, 15) is 9.90 Å². The Labute approximate surface area is 96.3 Å². The van der Waals surface area contributed by atoms with E-state index in [-0.39, 0.29) is 11.8 Å². The maximum Gasteiger partial charge on any atom is 0.252 e. The zero-order valence-corrected chi connectivity index (χ0v) is 9.68. The second kappa shape index (κ2) is 5.36. The molecule has 15 heavy (non-hydrogen) atoms. The molecule has 7 heteroatoms. The molecule has 0 saturated heterocycles. The van der Waals surface area contributed by atoms with Gasteiger partial charge in [0, 0.05) is 0 Å². The van der Waals surface area contributed by atoms with Crippen LogP contribution in [-0.2, 0) is 0 Å². The topological polar surface area (TPSA) is 94.3 Å². The minimum absolute atomic E-state index is 0.154. The number of rotatable bonds is 4. The van der Waals surface area contributed by atoms with E-state index in [1.165, 1.54) is 5.38 Å². The van der Waals surface area contributed by atoms with Crippen molar-refractivity contribution < 1.29 is 9.90 Å². The van der Waals surface area contributed by atoms with Crippen molar-refractivity contribution in [2.45, 2.75) is 18.9 Å². The van der Waals surface area contributed by atoms with Crippen LogP contribution in [0.15, 0.2) is 5.38 Å². The van der Waals surface area contributed by atoms with Gasteiger partial charge in [0.05, 0.1) is 11.4 Å². The van der Waals surface area contributed by atoms with Gasteiger partial charge in [-0.25, -0.2) is 4.57 Å². The highest BCUT2D eigenvalue weighted by atomic mass is 32.1. The van der Waals surface area contributed by atoms with E-state index in [2.05, 4.69) is 0 Å². The second-order valence-corrected chi connectivity index (χ2v) is 4.57. The lowest BCUT2D eigenvalue weighted by Gasteiger charge is -2.10. The number of hydrogen-bond donors (Lipinski definition) is 3. The summed E-state index contributed by atoms with van der Waals surface area (Å²) in [5, 5.41) is 10.8. The summed E-state index contributed by atoms with van der Waals surface area (Å²) in [4.78, 5) is 11.7. The summed E-state index contributed by atoms with van der Waals surface area (Å²) in [7, 11) is 0. The molecule has 0 spiro atoms. The van der Waals surface area contributed by atoms with Crippen LogP contribution < -0.4 is 11.5 Å². The number of carbonyl (C=O) groups excluding carboxylic acids is 1. The Morgan fingerprint density at radius 1 is 1.73 bits per heavy atom. The molecule has 0 fully saturated rings. The Morgan fingerprint density at radius 3 is 2.87 bits per heavy atom. The standard InChI is InChI=1S/C8H13N3O2S2/c9-3-1-2-5(10)7(13)11-6(12)4-15-8(11)14/h4-5,12H,1-3,9-10H2. The van der Waals surface area contributed by atoms with Crippen LogP contribution >= 0.6 is 23.6 Å². The molecule has 0 radical (unpaired) electrons. The highest BCUT2D eigenvalue weighted by Gasteiger charge is 2.18. The molecule has 0 aliphatic rings. The zero-order chi connectivity index (χ0) is 11.4. The van der Waals surface area contributed by atoms with Crippen LogP contribution in [0.1, 0.15) is 17.6 Å². The molecule has 1 unspecified atom stereocenters. The van der Waals surface area contributed by atoms with E-state index >= 15 is 0 Å². The van der Waals surface area contributed by atoms with Crippen molar-refractivity contribution in [2.75, 3.05) is 6.54 Å². The number of nitrogens with zero attached hydrogens (tertiary/aromatic N) is 1. The van der Waals surface area contributed by atoms with Crippen molar-refractivity contribution in [1.82, 2.24) is 4.57 Å². The minimum Gasteiger partial charge on any atom is -0.494 e. The fraction of sp³-hybridized carbons (Fsp3) is 0.500. The first-order valence-corrected chi connectivity index (χ1v) is 5.76. The maximum absolute atomic E-state index is 11.7. The first-order chi connectivity index (χ1) is 7.07. The molecular weight excluding hydrogens is 234 g/mol. The molecule has 0 amide bonds. The van der Waals surface area contributed by atoms with Crippen molar-refractivity contribution in [1.29, 1.82) is 0 Å². The second-order valence-electron chi connectivity index (χ2n) is 3.07. The van der Waals surface area contributed by atoms with Gasteiger partial charge in [0.25, 0.3) is 5.91 Å². The van der Waals surface area contributed by atoms with E-state index < -0.39 is 6.04 Å². The summed E-state index contributed by atoms with van der Waals surface area (Å²) in [6.07, 6.45) is 1.16. The maximum atomic E-state index is 11.7. The average molecular weight is 247 g/mol. The summed E-state index contributed by atoms with van der Waals surface area (Å²) in [6, 6.07) is -0.666. The predicted molar refractivity (Wildman–Crippen MR) is 61.7 cm³/mol. The molecule has 0 bridgehead atoms. The van der Waals surface area contributed by atoms with E-state index in [0.717, 1.165) is 15.9 Å². The largest absolute Gasteiger partial charge is 0.494 e. The fourth-order valence-corrected chi connectivity index (χ4v) is 2.06. The van der Waals surface area contributed by atoms with Crippen molar-refractivity contribution in [3.8, 4) is 5.88 Å². The highest BCUT2D eigenvalue weighted by molar-refractivity contribution is 7.73. The molecule has 0 aliphatic heterocycles. The van der Waals surface area contributed by atoms with Gasteiger partial charge in [0.2, 0.25) is 5.88 Å². The Bertz CT molecular complexity index is 399. The monoisotopic (exact) mass is 247 g/mol. The first-order valence-electron chi connectivity index (χ1n) is 4.47. The van der Waals surface area contributed by atoms with Crippen LogP contribution in [0.25, 0.3) is 0 Å². The Hall–Kier alpha value is -0.760. The molecule has 0 saturated carbocycles. The molecule has 1 aromatic heterocycles. The molecular formula is C8H13N3O2S2. The normalized spacial score (nSPS) is 12.7. The highest BCUT2D eigenvalue weighted by Crippen LogP contribution is 2.17. The van der Waals surface area contributed by atoms with Crippen molar-refractivity contribution in [3.63, 3.8) is 0 Å². The quantitative estimate of drug-likeness (QED) is 0.681. The third-order valence-electron chi connectivity index (χ3n) is 1.93. The lowest BCUT2D eigenvalue weighted by molar-refractivity contribution is 0.0864. The molecule has 5 nitrogen and oxygen atoms in total. The van der Waals surface area contributed by atoms with Crippen molar-refractivity contribution >= 4 is 29.5 Å². The molecule has 0 aromatic carbocycles. The average Bonchev–Trinajstić information content (AvgIpc) is 2.54. The van der Waals surface area contributed by atoms with Crippen LogP contribution in [-0.4, -0.2) is 28.2 Å². The molecule has 5 N–H and O–H groups in total. The van der Waals surface area contributed by atoms with Gasteiger partial charge in [-0.2, -0.15) is 0 Å². The lowest BCUT2D eigenvalue weighted by atomic mass is 10.1. The number of aromatic nitrogens is 1. The van der Waals surface area contributed by atoms with E-state index in [0.29, 0.717) is 23.3 Å². The zero-order valence-electron chi connectivity index (χ0n) is 8.05. The van der Waals surface area contributed by atoms with E-state index in [1.807, 2.05) is 0 Å². The molecule has 1 atom stereocenters. The van der Waals surface area contributed by atoms with Gasteiger partial charge >= 0.3 is 0 Å². The molecule has 1 aromatic rings. The minimum atomic E-state index is -0.666. The number of carbonyl (C=O) groups is 1. The first kappa shape index (κ1) is 12.3. The molecule has 0 aliphatic carbocycles. The van der Waals surface area contributed by atoms with Crippen LogP contribution in [0.5, 0.6) is 5.88 Å². The predicted octanol–water partition coefficient (Wildman–Crippen LogP) is 0.691. The number of nitrogens with two attached hydrogens (primary N) is 2. The fourth-order valence-electron chi connectivity index (χ4n) is 1.13. The van der Waals surface area contributed by atoms with E-state index in [4.69, 9.17) is 23.7 Å². The summed E-state index contributed by atoms with van der Waals surface area (Å²) < 4.78 is 1.36. The Morgan fingerprint density at radius 2 is 2.40 bits per heavy atom. The lowest BCUT2D eigenvalue weighted by Crippen LogP contribution is -2.35. The Kier molecular flexibility index (Phi) is 4.40. The van der Waals surface area contributed by atoms with Crippen LogP contribution in [0, 0.1) is 3.95 Å². The third kappa shape index (κ3) is 2.85. The van der Waals surface area contributed by atoms with Crippen LogP contribution in [0.2, 0.25) is 0 Å². The van der Waals surface area contributed by atoms with Gasteiger partial charge in [0.1, 0.15) is 0 Å². The summed E-state index contributed by atoms with van der Waals surface area (Å²) in [5.74, 6) is -0.537. The van der Waals surface area contributed by atoms with Crippen LogP contribution in [0.4, 0.5) is 0 Å². The van der Waals surface area contributed by atoms with Gasteiger partial charge in [-0.1, -0.05) is 0 Å². The van der Waals surface area contributed by atoms with E-state index in [1.54, 1.807) is 0 Å². The summed E-state index contributed by atoms with van der Waals surface area (Å²) >= 11 is 6.03. The molecule has 1 heterocycles. The van der Waals surface area contributed by atoms with Crippen molar-refractivity contribution in [3.05, 3.63) is 9.33 Å². The van der Waals surface area contributed by atoms with Crippen LogP contribution in [0.3, 0.4) is 0 Å². The number of hydrogen-bond acceptors (Lipinski definition) is 6. The smallest absolute Gasteiger partial charge is 0.252 e. The number of thiazole rings is 1. The Balaban J connectivity index is 2.80. The van der Waals surface area contributed by atoms with Gasteiger partial charge in [-0.05, 0) is 31.6 Å². The molecule has 84 valence electrons. The summed E-state index contributed by atoms with van der Waals surface area (Å²) in [6.45, 7) is 0.488. The van der Waals surface area contributed by atoms with Gasteiger partial charge in [-0.15, -0.1) is 11.3 Å². The van der Waals surface area contributed by atoms with Gasteiger partial charge in [-0.3, -0.25) is 4.79 Å². The summed E-state index contributed by atoms with van der Waals surface area (Å²) in [5.41, 5.74) is 11.0. The number of aromatic hydroxyl groups is 1. The van der Waals surface area contributed by atoms with Gasteiger partial charge in [0.15, 0.2) is 3.95 Å². The van der Waals surface area contributed by atoms with Crippen molar-refractivity contribution in [2.24, 2.45) is 11.5 Å². The van der Waals surface area contributed by atoms with Gasteiger partial charge < -0.3 is 16.6 Å². The molecule has 1 rings (SSSR count). The third-order valence-corrected chi connectivity index (χ3v) is 3.12.